The molecule has 5 heteroatoms. The fourth-order valence-electron chi connectivity index (χ4n) is 0.745. The first-order chi connectivity index (χ1) is 5.59. The van der Waals surface area contributed by atoms with Gasteiger partial charge in [-0.3, -0.25) is 5.32 Å². The molecule has 0 heterocycles. The molecule has 64 valence electrons. The zero-order chi connectivity index (χ0) is 9.14. The first kappa shape index (κ1) is 8.86. The van der Waals surface area contributed by atoms with E-state index in [1.807, 2.05) is 0 Å². The molecule has 0 bridgehead atoms. The summed E-state index contributed by atoms with van der Waals surface area (Å²) in [5.41, 5.74) is 6.48. The number of anilines is 2. The van der Waals surface area contributed by atoms with E-state index in [9.17, 15) is 4.79 Å². The van der Waals surface area contributed by atoms with E-state index in [0.29, 0.717) is 11.4 Å². The van der Waals surface area contributed by atoms with Crippen molar-refractivity contribution < 1.29 is 9.90 Å². The Kier molecular flexibility index (Phi) is 2.54. The van der Waals surface area contributed by atoms with E-state index in [4.69, 9.17) is 10.8 Å². The van der Waals surface area contributed by atoms with Crippen LogP contribution in [0, 0.1) is 0 Å². The Morgan fingerprint density at radius 1 is 1.58 bits per heavy atom. The summed E-state index contributed by atoms with van der Waals surface area (Å²) in [5.74, 6) is 0. The van der Waals surface area contributed by atoms with Crippen molar-refractivity contribution in [2.24, 2.45) is 0 Å². The van der Waals surface area contributed by atoms with Crippen LogP contribution < -0.4 is 11.1 Å². The van der Waals surface area contributed by atoms with Gasteiger partial charge >= 0.3 is 6.09 Å². The molecule has 4 N–H and O–H groups in total. The molecule has 0 aliphatic rings. The molecule has 1 rings (SSSR count). The fraction of sp³-hybridized carbons (Fsp3) is 0. The van der Waals surface area contributed by atoms with E-state index in [2.05, 4.69) is 21.2 Å². The SMILES string of the molecule is Nc1cc(NC(=O)O)ccc1Br. The van der Waals surface area contributed by atoms with Crippen molar-refractivity contribution in [2.75, 3.05) is 11.1 Å². The largest absolute Gasteiger partial charge is 0.465 e. The van der Waals surface area contributed by atoms with E-state index in [1.165, 1.54) is 6.07 Å². The summed E-state index contributed by atoms with van der Waals surface area (Å²) in [6.45, 7) is 0. The molecule has 1 amide bonds. The van der Waals surface area contributed by atoms with Gasteiger partial charge < -0.3 is 10.8 Å². The first-order valence-corrected chi connectivity index (χ1v) is 3.94. The highest BCUT2D eigenvalue weighted by molar-refractivity contribution is 9.10. The molecule has 0 fully saturated rings. The van der Waals surface area contributed by atoms with Crippen LogP contribution in [0.1, 0.15) is 0 Å². The second kappa shape index (κ2) is 3.44. The van der Waals surface area contributed by atoms with Gasteiger partial charge in [0.15, 0.2) is 0 Å². The third kappa shape index (κ3) is 2.13. The Morgan fingerprint density at radius 2 is 2.25 bits per heavy atom. The molecule has 0 radical (unpaired) electrons. The van der Waals surface area contributed by atoms with Crippen LogP contribution in [0.15, 0.2) is 22.7 Å². The second-order valence-electron chi connectivity index (χ2n) is 2.17. The summed E-state index contributed by atoms with van der Waals surface area (Å²) >= 11 is 3.20. The van der Waals surface area contributed by atoms with E-state index in [0.717, 1.165) is 4.47 Å². The summed E-state index contributed by atoms with van der Waals surface area (Å²) in [6, 6.07) is 4.84. The van der Waals surface area contributed by atoms with Crippen molar-refractivity contribution in [1.82, 2.24) is 0 Å². The maximum atomic E-state index is 10.2. The Hall–Kier alpha value is -1.23. The molecule has 12 heavy (non-hydrogen) atoms. The highest BCUT2D eigenvalue weighted by Crippen LogP contribution is 2.22. The van der Waals surface area contributed by atoms with Crippen LogP contribution in [-0.4, -0.2) is 11.2 Å². The minimum Gasteiger partial charge on any atom is -0.465 e. The molecule has 0 atom stereocenters. The molecule has 0 saturated carbocycles. The second-order valence-corrected chi connectivity index (χ2v) is 3.02. The lowest BCUT2D eigenvalue weighted by atomic mass is 10.3. The monoisotopic (exact) mass is 230 g/mol. The van der Waals surface area contributed by atoms with Gasteiger partial charge in [0.1, 0.15) is 0 Å². The summed E-state index contributed by atoms with van der Waals surface area (Å²) in [7, 11) is 0. The number of benzene rings is 1. The van der Waals surface area contributed by atoms with E-state index in [-0.39, 0.29) is 0 Å². The zero-order valence-electron chi connectivity index (χ0n) is 6.04. The quantitative estimate of drug-likeness (QED) is 0.648. The maximum absolute atomic E-state index is 10.2. The minimum atomic E-state index is -1.10. The van der Waals surface area contributed by atoms with Crippen molar-refractivity contribution in [3.8, 4) is 0 Å². The molecule has 0 aliphatic heterocycles. The number of nitrogens with one attached hydrogen (secondary N) is 1. The normalized spacial score (nSPS) is 9.42. The number of nitrogen functional groups attached to an aromatic ring is 1. The van der Waals surface area contributed by atoms with Gasteiger partial charge in [-0.25, -0.2) is 4.79 Å². The fourth-order valence-corrected chi connectivity index (χ4v) is 0.992. The summed E-state index contributed by atoms with van der Waals surface area (Å²) in [6.07, 6.45) is -1.10. The minimum absolute atomic E-state index is 0.461. The topological polar surface area (TPSA) is 75.3 Å². The van der Waals surface area contributed by atoms with Crippen molar-refractivity contribution in [1.29, 1.82) is 0 Å². The number of amides is 1. The maximum Gasteiger partial charge on any atom is 0.409 e. The lowest BCUT2D eigenvalue weighted by Gasteiger charge is -2.02. The van der Waals surface area contributed by atoms with Crippen LogP contribution >= 0.6 is 15.9 Å². The number of halogens is 1. The van der Waals surface area contributed by atoms with Gasteiger partial charge in [0, 0.05) is 15.8 Å². The van der Waals surface area contributed by atoms with Crippen molar-refractivity contribution in [3.05, 3.63) is 22.7 Å². The third-order valence-electron chi connectivity index (χ3n) is 1.25. The van der Waals surface area contributed by atoms with Crippen LogP contribution in [0.4, 0.5) is 16.2 Å². The van der Waals surface area contributed by atoms with Crippen LogP contribution in [0.2, 0.25) is 0 Å². The Balaban J connectivity index is 2.89. The average Bonchev–Trinajstić information content (AvgIpc) is 1.96. The Labute approximate surface area is 77.5 Å². The van der Waals surface area contributed by atoms with Crippen molar-refractivity contribution in [3.63, 3.8) is 0 Å². The molecule has 0 aliphatic carbocycles. The summed E-state index contributed by atoms with van der Waals surface area (Å²) in [4.78, 5) is 10.2. The predicted molar refractivity (Wildman–Crippen MR) is 50.2 cm³/mol. The molecule has 0 spiro atoms. The lowest BCUT2D eigenvalue weighted by Crippen LogP contribution is -2.07. The number of carbonyl (C=O) groups is 1. The van der Waals surface area contributed by atoms with Crippen LogP contribution in [0.5, 0.6) is 0 Å². The molecule has 0 unspecified atom stereocenters. The third-order valence-corrected chi connectivity index (χ3v) is 1.97. The molecule has 4 nitrogen and oxygen atoms in total. The molecule has 1 aromatic rings. The van der Waals surface area contributed by atoms with Gasteiger partial charge in [0.2, 0.25) is 0 Å². The molecular formula is C7H7BrN2O2. The highest BCUT2D eigenvalue weighted by Gasteiger charge is 1.99. The van der Waals surface area contributed by atoms with Gasteiger partial charge in [-0.1, -0.05) is 0 Å². The Morgan fingerprint density at radius 3 is 2.75 bits per heavy atom. The van der Waals surface area contributed by atoms with E-state index >= 15 is 0 Å². The standard InChI is InChI=1S/C7H7BrN2O2/c8-5-2-1-4(3-6(5)9)10-7(11)12/h1-3,10H,9H2,(H,11,12). The average molecular weight is 231 g/mol. The number of nitrogens with two attached hydrogens (primary N) is 1. The summed E-state index contributed by atoms with van der Waals surface area (Å²) in [5, 5.41) is 10.6. The summed E-state index contributed by atoms with van der Waals surface area (Å²) < 4.78 is 0.749. The van der Waals surface area contributed by atoms with Gasteiger partial charge in [-0.05, 0) is 34.1 Å². The smallest absolute Gasteiger partial charge is 0.409 e. The van der Waals surface area contributed by atoms with E-state index < -0.39 is 6.09 Å². The van der Waals surface area contributed by atoms with Crippen LogP contribution in [0.3, 0.4) is 0 Å². The molecule has 1 aromatic carbocycles. The lowest BCUT2D eigenvalue weighted by molar-refractivity contribution is 0.210. The van der Waals surface area contributed by atoms with Gasteiger partial charge in [0.25, 0.3) is 0 Å². The van der Waals surface area contributed by atoms with E-state index in [1.54, 1.807) is 12.1 Å². The van der Waals surface area contributed by atoms with Gasteiger partial charge in [-0.2, -0.15) is 0 Å². The van der Waals surface area contributed by atoms with Gasteiger partial charge in [-0.15, -0.1) is 0 Å². The molecule has 0 saturated heterocycles. The van der Waals surface area contributed by atoms with Gasteiger partial charge in [0.05, 0.1) is 0 Å². The number of hydrogen-bond donors (Lipinski definition) is 3. The van der Waals surface area contributed by atoms with Crippen molar-refractivity contribution in [2.45, 2.75) is 0 Å². The van der Waals surface area contributed by atoms with Crippen LogP contribution in [-0.2, 0) is 0 Å². The predicted octanol–water partition coefficient (Wildman–Crippen LogP) is 2.12. The number of rotatable bonds is 1. The first-order valence-electron chi connectivity index (χ1n) is 3.14. The molecular weight excluding hydrogens is 224 g/mol. The van der Waals surface area contributed by atoms with Crippen molar-refractivity contribution >= 4 is 33.4 Å². The zero-order valence-corrected chi connectivity index (χ0v) is 7.63. The van der Waals surface area contributed by atoms with Crippen LogP contribution in [0.25, 0.3) is 0 Å². The number of carboxylic acid groups (broad SMARTS) is 1. The molecule has 0 aromatic heterocycles. The Bertz CT molecular complexity index is 314. The number of hydrogen-bond acceptors (Lipinski definition) is 2. The highest BCUT2D eigenvalue weighted by atomic mass is 79.9.